The molecule has 2 aliphatic heterocycles. The monoisotopic (exact) mass is 651 g/mol. The molecular weight excluding hydrogens is 590 g/mol. The lowest BCUT2D eigenvalue weighted by Crippen LogP contribution is -2.66. The fourth-order valence-electron chi connectivity index (χ4n) is 7.09. The van der Waals surface area contributed by atoms with Gasteiger partial charge in [-0.25, -0.2) is 4.79 Å². The highest BCUT2D eigenvalue weighted by Crippen LogP contribution is 2.48. The summed E-state index contributed by atoms with van der Waals surface area (Å²) in [5.74, 6) is -0.0218. The highest BCUT2D eigenvalue weighted by atomic mass is 16.2. The van der Waals surface area contributed by atoms with Gasteiger partial charge in [-0.2, -0.15) is 0 Å². The first-order valence-corrected chi connectivity index (χ1v) is 18.4. The maximum Gasteiger partial charge on any atom is 0.323 e. The predicted molar refractivity (Wildman–Crippen MR) is 206 cm³/mol. The Morgan fingerprint density at radius 3 is 1.67 bits per heavy atom. The third-order valence-corrected chi connectivity index (χ3v) is 9.87. The molecule has 5 heteroatoms. The smallest absolute Gasteiger partial charge is 0.313 e. The van der Waals surface area contributed by atoms with Crippen molar-refractivity contribution >= 4 is 36.2 Å². The number of amides is 3. The van der Waals surface area contributed by atoms with Crippen LogP contribution in [0.3, 0.4) is 0 Å². The van der Waals surface area contributed by atoms with Crippen molar-refractivity contribution in [1.82, 2.24) is 14.7 Å². The molecule has 1 atom stereocenters. The second-order valence-corrected chi connectivity index (χ2v) is 13.1. The fourth-order valence-corrected chi connectivity index (χ4v) is 7.09. The molecule has 4 aliphatic rings. The van der Waals surface area contributed by atoms with Crippen LogP contribution in [0.5, 0.6) is 0 Å². The van der Waals surface area contributed by atoms with E-state index in [0.717, 1.165) is 36.8 Å². The Bertz CT molecular complexity index is 1560. The first kappa shape index (κ1) is 38.6. The van der Waals surface area contributed by atoms with E-state index in [1.165, 1.54) is 39.8 Å². The quantitative estimate of drug-likeness (QED) is 0.331. The zero-order valence-corrected chi connectivity index (χ0v) is 31.7. The molecule has 0 saturated carbocycles. The molecule has 2 aromatic rings. The van der Waals surface area contributed by atoms with Crippen LogP contribution in [0.25, 0.3) is 24.3 Å². The number of urea groups is 1. The summed E-state index contributed by atoms with van der Waals surface area (Å²) in [7, 11) is 0. The zero-order valence-electron chi connectivity index (χ0n) is 31.7. The maximum absolute atomic E-state index is 14.5. The lowest BCUT2D eigenvalue weighted by atomic mass is 9.85. The highest BCUT2D eigenvalue weighted by molar-refractivity contribution is 5.84. The second-order valence-electron chi connectivity index (χ2n) is 13.1. The van der Waals surface area contributed by atoms with Crippen molar-refractivity contribution < 1.29 is 9.59 Å². The first-order chi connectivity index (χ1) is 23.1. The lowest BCUT2D eigenvalue weighted by Gasteiger charge is -2.49. The van der Waals surface area contributed by atoms with Gasteiger partial charge in [0.15, 0.2) is 0 Å². The average Bonchev–Trinajstić information content (AvgIpc) is 3.30. The van der Waals surface area contributed by atoms with Gasteiger partial charge in [0.2, 0.25) is 5.91 Å². The van der Waals surface area contributed by atoms with E-state index in [1.54, 1.807) is 6.92 Å². The Labute approximate surface area is 292 Å². The molecule has 0 bridgehead atoms. The zero-order chi connectivity index (χ0) is 35.6. The van der Waals surface area contributed by atoms with Crippen molar-refractivity contribution in [2.75, 3.05) is 0 Å². The topological polar surface area (TPSA) is 43.9 Å². The van der Waals surface area contributed by atoms with E-state index in [2.05, 4.69) is 114 Å². The third-order valence-electron chi connectivity index (χ3n) is 9.87. The molecule has 3 amide bonds. The molecule has 0 spiro atoms. The Kier molecular flexibility index (Phi) is 13.7. The highest BCUT2D eigenvalue weighted by Gasteiger charge is 2.64. The molecule has 6 rings (SSSR count). The van der Waals surface area contributed by atoms with Crippen LogP contribution >= 0.6 is 0 Å². The van der Waals surface area contributed by atoms with Gasteiger partial charge in [-0.1, -0.05) is 110 Å². The van der Waals surface area contributed by atoms with Crippen molar-refractivity contribution in [2.24, 2.45) is 0 Å². The third kappa shape index (κ3) is 7.41. The lowest BCUT2D eigenvalue weighted by molar-refractivity contribution is -0.147. The van der Waals surface area contributed by atoms with Gasteiger partial charge in [0.25, 0.3) is 0 Å². The van der Waals surface area contributed by atoms with Crippen LogP contribution in [0.4, 0.5) is 4.79 Å². The number of aryl methyl sites for hydroxylation is 1. The number of hydrogen-bond acceptors (Lipinski definition) is 2. The molecular formula is C43H61N3O2. The van der Waals surface area contributed by atoms with E-state index in [4.69, 9.17) is 0 Å². The molecule has 2 heterocycles. The van der Waals surface area contributed by atoms with Gasteiger partial charge in [0.1, 0.15) is 5.66 Å². The van der Waals surface area contributed by atoms with Gasteiger partial charge in [-0.05, 0) is 109 Å². The summed E-state index contributed by atoms with van der Waals surface area (Å²) in [6.45, 7) is 23.8. The summed E-state index contributed by atoms with van der Waals surface area (Å²) < 4.78 is 0. The van der Waals surface area contributed by atoms with Crippen LogP contribution in [0.15, 0.2) is 48.6 Å². The Morgan fingerprint density at radius 2 is 1.17 bits per heavy atom. The first-order valence-electron chi connectivity index (χ1n) is 18.4. The molecule has 260 valence electrons. The van der Waals surface area contributed by atoms with Gasteiger partial charge in [-0.15, -0.1) is 0 Å². The number of allylic oxidation sites excluding steroid dienone is 4. The van der Waals surface area contributed by atoms with Gasteiger partial charge < -0.3 is 9.80 Å². The number of benzene rings is 2. The van der Waals surface area contributed by atoms with Crippen molar-refractivity contribution in [1.29, 1.82) is 0 Å². The van der Waals surface area contributed by atoms with Gasteiger partial charge >= 0.3 is 6.03 Å². The van der Waals surface area contributed by atoms with Crippen LogP contribution in [0, 0.1) is 0 Å². The Morgan fingerprint density at radius 1 is 0.708 bits per heavy atom. The summed E-state index contributed by atoms with van der Waals surface area (Å²) in [5, 5.41) is 0. The number of carbonyl (C=O) groups excluding carboxylic acids is 2. The molecule has 1 saturated heterocycles. The summed E-state index contributed by atoms with van der Waals surface area (Å²) in [6, 6.07) is 8.96. The van der Waals surface area contributed by atoms with Crippen molar-refractivity contribution in [3.63, 3.8) is 0 Å². The van der Waals surface area contributed by atoms with Gasteiger partial charge in [0, 0.05) is 20.0 Å². The normalized spacial score (nSPS) is 21.1. The Balaban J connectivity index is 0.000000832. The summed E-state index contributed by atoms with van der Waals surface area (Å²) in [6.07, 6.45) is 22.7. The van der Waals surface area contributed by atoms with Gasteiger partial charge in [0.05, 0.1) is 12.1 Å². The van der Waals surface area contributed by atoms with Crippen molar-refractivity contribution in [2.45, 2.75) is 139 Å². The summed E-state index contributed by atoms with van der Waals surface area (Å²) in [5.41, 5.74) is 7.94. The molecule has 2 aliphatic carbocycles. The molecule has 5 nitrogen and oxygen atoms in total. The van der Waals surface area contributed by atoms with E-state index in [0.29, 0.717) is 19.6 Å². The number of nitrogens with zero attached hydrogens (tertiary/aromatic N) is 3. The number of fused-ring (bicyclic) bond motifs is 4. The SMILES string of the molecule is CC.CC.CCC.CCc1cc2c(cc1CN1C(=O)N3Cc4cc5c(cc4CN(C(C)=O)C3(C)C1(C)C)/C=C\CC/C=C\5)C=CCC=C2. The number of hydrogen-bond donors (Lipinski definition) is 0. The standard InChI is InChI=1S/C36H41N3O2.C3H8.2C2H6/c1-6-26-18-27-16-12-9-13-17-28(27)19-31(26)23-38-34(41)39-24-33-21-30-15-11-8-7-10-14-29(30)20-32(33)22-37(25(2)40)36(39,5)35(38,3)4;1-3-2;2*1-2/h10-21H,6-9,22-24H2,1-5H3;3H2,1-2H3;2*1-2H3/b14-10-,15-11-;;;. The maximum atomic E-state index is 14.5. The molecule has 2 aromatic carbocycles. The molecule has 1 unspecified atom stereocenters. The average molecular weight is 652 g/mol. The minimum Gasteiger partial charge on any atom is -0.313 e. The molecule has 1 fully saturated rings. The van der Waals surface area contributed by atoms with E-state index >= 15 is 0 Å². The van der Waals surface area contributed by atoms with Crippen LogP contribution in [0.2, 0.25) is 0 Å². The van der Waals surface area contributed by atoms with Crippen molar-refractivity contribution in [3.8, 4) is 0 Å². The second kappa shape index (κ2) is 17.0. The van der Waals surface area contributed by atoms with Crippen molar-refractivity contribution in [3.05, 3.63) is 93.1 Å². The Hall–Kier alpha value is -3.86. The van der Waals surface area contributed by atoms with Crippen LogP contribution < -0.4 is 0 Å². The van der Waals surface area contributed by atoms with E-state index in [1.807, 2.05) is 42.4 Å². The largest absolute Gasteiger partial charge is 0.323 e. The predicted octanol–water partition coefficient (Wildman–Crippen LogP) is 11.3. The van der Waals surface area contributed by atoms with E-state index in [-0.39, 0.29) is 11.9 Å². The fraction of sp³-hybridized carbons (Fsp3) is 0.488. The summed E-state index contributed by atoms with van der Waals surface area (Å²) in [4.78, 5) is 33.8. The van der Waals surface area contributed by atoms with E-state index < -0.39 is 11.2 Å². The molecule has 48 heavy (non-hydrogen) atoms. The van der Waals surface area contributed by atoms with Crippen LogP contribution in [-0.2, 0) is 30.8 Å². The molecule has 0 aromatic heterocycles. The summed E-state index contributed by atoms with van der Waals surface area (Å²) >= 11 is 0. The molecule has 0 radical (unpaired) electrons. The number of carbonyl (C=O) groups is 2. The van der Waals surface area contributed by atoms with Crippen LogP contribution in [-0.4, -0.2) is 37.8 Å². The minimum atomic E-state index is -0.824. The molecule has 0 N–H and O–H groups in total. The van der Waals surface area contributed by atoms with Crippen LogP contribution in [0.1, 0.15) is 146 Å². The van der Waals surface area contributed by atoms with Gasteiger partial charge in [-0.3, -0.25) is 9.69 Å². The van der Waals surface area contributed by atoms with E-state index in [9.17, 15) is 9.59 Å². The minimum absolute atomic E-state index is 0.0218. The number of rotatable bonds is 3.